The topological polar surface area (TPSA) is 64.9 Å². The summed E-state index contributed by atoms with van der Waals surface area (Å²) in [5.74, 6) is 2.49. The number of terminal acetylenes is 1. The van der Waals surface area contributed by atoms with E-state index in [-0.39, 0.29) is 6.04 Å². The Morgan fingerprint density at radius 2 is 2.33 bits per heavy atom. The van der Waals surface area contributed by atoms with Crippen LogP contribution < -0.4 is 11.5 Å². The van der Waals surface area contributed by atoms with Gasteiger partial charge >= 0.3 is 0 Å². The zero-order chi connectivity index (χ0) is 8.97. The number of nitrogens with two attached hydrogens (primary N) is 2. The van der Waals surface area contributed by atoms with Gasteiger partial charge in [0.15, 0.2) is 0 Å². The highest BCUT2D eigenvalue weighted by Crippen LogP contribution is 2.08. The normalized spacial score (nSPS) is 12.1. The standard InChI is InChI=1S/C9H11N3/c1-2-7-3-8(6-12-5-7)9(11)4-10/h1,3,5-6,9H,4,10-11H2/t9-/m0/s1. The number of hydrogen-bond acceptors (Lipinski definition) is 3. The summed E-state index contributed by atoms with van der Waals surface area (Å²) >= 11 is 0. The molecule has 1 heterocycles. The Balaban J connectivity index is 2.95. The molecule has 1 rings (SSSR count). The molecule has 0 saturated carbocycles. The van der Waals surface area contributed by atoms with Gasteiger partial charge in [-0.1, -0.05) is 5.92 Å². The second-order valence-electron chi connectivity index (χ2n) is 2.49. The highest BCUT2D eigenvalue weighted by atomic mass is 14.7. The molecule has 0 aliphatic carbocycles. The van der Waals surface area contributed by atoms with Gasteiger partial charge in [0, 0.05) is 30.5 Å². The van der Waals surface area contributed by atoms with Gasteiger partial charge in [0.2, 0.25) is 0 Å². The van der Waals surface area contributed by atoms with Crippen LogP contribution in [0.3, 0.4) is 0 Å². The zero-order valence-electron chi connectivity index (χ0n) is 6.70. The van der Waals surface area contributed by atoms with Crippen molar-refractivity contribution in [2.75, 3.05) is 6.54 Å². The molecule has 0 unspecified atom stereocenters. The molecule has 62 valence electrons. The van der Waals surface area contributed by atoms with Gasteiger partial charge in [-0.05, 0) is 11.6 Å². The van der Waals surface area contributed by atoms with Crippen LogP contribution in [0.2, 0.25) is 0 Å². The fourth-order valence-corrected chi connectivity index (χ4v) is 0.876. The average molecular weight is 161 g/mol. The molecule has 3 nitrogen and oxygen atoms in total. The molecule has 0 aromatic carbocycles. The molecule has 0 radical (unpaired) electrons. The van der Waals surface area contributed by atoms with E-state index >= 15 is 0 Å². The molecule has 0 aliphatic heterocycles. The Kier molecular flexibility index (Phi) is 2.81. The van der Waals surface area contributed by atoms with Crippen LogP contribution in [0.4, 0.5) is 0 Å². The van der Waals surface area contributed by atoms with Gasteiger partial charge in [-0.25, -0.2) is 0 Å². The molecule has 0 aliphatic rings. The van der Waals surface area contributed by atoms with Crippen LogP contribution in [0.25, 0.3) is 0 Å². The van der Waals surface area contributed by atoms with E-state index in [0.29, 0.717) is 6.54 Å². The van der Waals surface area contributed by atoms with E-state index in [0.717, 1.165) is 11.1 Å². The molecule has 0 saturated heterocycles. The second kappa shape index (κ2) is 3.86. The Morgan fingerprint density at radius 1 is 1.58 bits per heavy atom. The minimum absolute atomic E-state index is 0.175. The van der Waals surface area contributed by atoms with Crippen molar-refractivity contribution in [1.82, 2.24) is 4.98 Å². The molecule has 3 heteroatoms. The van der Waals surface area contributed by atoms with Crippen LogP contribution >= 0.6 is 0 Å². The lowest BCUT2D eigenvalue weighted by molar-refractivity contribution is 0.732. The van der Waals surface area contributed by atoms with Crippen molar-refractivity contribution in [2.24, 2.45) is 11.5 Å². The lowest BCUT2D eigenvalue weighted by atomic mass is 10.1. The van der Waals surface area contributed by atoms with Gasteiger partial charge in [0.25, 0.3) is 0 Å². The lowest BCUT2D eigenvalue weighted by Crippen LogP contribution is -2.20. The Hall–Kier alpha value is -1.37. The molecular formula is C9H11N3. The van der Waals surface area contributed by atoms with Crippen molar-refractivity contribution in [3.8, 4) is 12.3 Å². The third-order valence-electron chi connectivity index (χ3n) is 1.61. The summed E-state index contributed by atoms with van der Waals surface area (Å²) in [6, 6.07) is 1.65. The molecule has 0 spiro atoms. The van der Waals surface area contributed by atoms with E-state index in [1.54, 1.807) is 12.4 Å². The monoisotopic (exact) mass is 161 g/mol. The van der Waals surface area contributed by atoms with E-state index in [4.69, 9.17) is 17.9 Å². The Morgan fingerprint density at radius 3 is 2.92 bits per heavy atom. The van der Waals surface area contributed by atoms with Gasteiger partial charge in [-0.3, -0.25) is 4.98 Å². The maximum atomic E-state index is 5.68. The van der Waals surface area contributed by atoms with E-state index in [1.807, 2.05) is 6.07 Å². The highest BCUT2D eigenvalue weighted by Gasteiger charge is 2.03. The number of hydrogen-bond donors (Lipinski definition) is 2. The minimum atomic E-state index is -0.175. The first-order valence-electron chi connectivity index (χ1n) is 3.65. The number of pyridine rings is 1. The SMILES string of the molecule is C#Cc1cncc([C@@H](N)CN)c1. The Labute approximate surface area is 71.8 Å². The molecule has 1 aromatic rings. The quantitative estimate of drug-likeness (QED) is 0.601. The van der Waals surface area contributed by atoms with Gasteiger partial charge in [0.1, 0.15) is 0 Å². The fraction of sp³-hybridized carbons (Fsp3) is 0.222. The Bertz CT molecular complexity index is 301. The molecule has 0 amide bonds. The number of nitrogens with zero attached hydrogens (tertiary/aromatic N) is 1. The first kappa shape index (κ1) is 8.72. The number of aromatic nitrogens is 1. The maximum absolute atomic E-state index is 5.68. The van der Waals surface area contributed by atoms with Crippen molar-refractivity contribution >= 4 is 0 Å². The second-order valence-corrected chi connectivity index (χ2v) is 2.49. The summed E-state index contributed by atoms with van der Waals surface area (Å²) in [6.07, 6.45) is 8.49. The van der Waals surface area contributed by atoms with Crippen LogP contribution in [0.15, 0.2) is 18.5 Å². The molecule has 1 aromatic heterocycles. The number of rotatable bonds is 2. The van der Waals surface area contributed by atoms with Crippen molar-refractivity contribution in [2.45, 2.75) is 6.04 Å². The van der Waals surface area contributed by atoms with Gasteiger partial charge in [-0.2, -0.15) is 0 Å². The third kappa shape index (κ3) is 1.82. The van der Waals surface area contributed by atoms with Crippen molar-refractivity contribution < 1.29 is 0 Å². The first-order valence-corrected chi connectivity index (χ1v) is 3.65. The van der Waals surface area contributed by atoms with Crippen LogP contribution in [-0.4, -0.2) is 11.5 Å². The average Bonchev–Trinajstić information content (AvgIpc) is 2.17. The summed E-state index contributed by atoms with van der Waals surface area (Å²) in [4.78, 5) is 3.95. The van der Waals surface area contributed by atoms with Crippen molar-refractivity contribution in [3.63, 3.8) is 0 Å². The predicted octanol–water partition coefficient (Wildman–Crippen LogP) is 0.0214. The van der Waals surface area contributed by atoms with Gasteiger partial charge in [0.05, 0.1) is 0 Å². The predicted molar refractivity (Wildman–Crippen MR) is 48.2 cm³/mol. The van der Waals surface area contributed by atoms with Crippen LogP contribution in [-0.2, 0) is 0 Å². The summed E-state index contributed by atoms with van der Waals surface area (Å²) < 4.78 is 0. The zero-order valence-corrected chi connectivity index (χ0v) is 6.70. The third-order valence-corrected chi connectivity index (χ3v) is 1.61. The van der Waals surface area contributed by atoms with Crippen LogP contribution in [0.5, 0.6) is 0 Å². The lowest BCUT2D eigenvalue weighted by Gasteiger charge is -2.07. The molecule has 1 atom stereocenters. The molecule has 0 bridgehead atoms. The maximum Gasteiger partial charge on any atom is 0.0435 e. The summed E-state index contributed by atoms with van der Waals surface area (Å²) in [5, 5.41) is 0. The van der Waals surface area contributed by atoms with E-state index in [2.05, 4.69) is 10.9 Å². The summed E-state index contributed by atoms with van der Waals surface area (Å²) in [7, 11) is 0. The molecule has 0 fully saturated rings. The van der Waals surface area contributed by atoms with Crippen molar-refractivity contribution in [3.05, 3.63) is 29.6 Å². The highest BCUT2D eigenvalue weighted by molar-refractivity contribution is 5.33. The fourth-order valence-electron chi connectivity index (χ4n) is 0.876. The van der Waals surface area contributed by atoms with Gasteiger partial charge in [-0.15, -0.1) is 6.42 Å². The summed E-state index contributed by atoms with van der Waals surface area (Å²) in [6.45, 7) is 0.399. The minimum Gasteiger partial charge on any atom is -0.329 e. The van der Waals surface area contributed by atoms with Crippen LogP contribution in [0, 0.1) is 12.3 Å². The van der Waals surface area contributed by atoms with Gasteiger partial charge < -0.3 is 11.5 Å². The summed E-state index contributed by atoms with van der Waals surface area (Å²) in [5.41, 5.74) is 12.7. The van der Waals surface area contributed by atoms with Crippen LogP contribution in [0.1, 0.15) is 17.2 Å². The largest absolute Gasteiger partial charge is 0.329 e. The molecule has 4 N–H and O–H groups in total. The van der Waals surface area contributed by atoms with E-state index in [9.17, 15) is 0 Å². The van der Waals surface area contributed by atoms with E-state index < -0.39 is 0 Å². The van der Waals surface area contributed by atoms with Crippen molar-refractivity contribution in [1.29, 1.82) is 0 Å². The first-order chi connectivity index (χ1) is 5.77. The smallest absolute Gasteiger partial charge is 0.0435 e. The molecule has 12 heavy (non-hydrogen) atoms. The van der Waals surface area contributed by atoms with E-state index in [1.165, 1.54) is 0 Å². The molecular weight excluding hydrogens is 150 g/mol.